The Kier molecular flexibility index (Phi) is 17.5. The Morgan fingerprint density at radius 2 is 1.29 bits per heavy atom. The molecule has 0 aliphatic carbocycles. The standard InChI is InChI=1S/C4H9NO2.C2Br2N2S.C2H2BrN3S.2BrH.Cu/c1-4(2,3)5(6)7;2*3-1-5-6-2(4)7-1;;;/h1-3H3;;(H2,4,6);2*1H;/q;;;;;+2/p-2. The summed E-state index contributed by atoms with van der Waals surface area (Å²) in [4.78, 5) is 9.51. The number of nitrogen functional groups attached to an aromatic ring is 1. The van der Waals surface area contributed by atoms with Crippen LogP contribution in [0.4, 0.5) is 5.13 Å². The van der Waals surface area contributed by atoms with E-state index in [2.05, 4.69) is 96.4 Å². The number of nitrogens with two attached hydrogens (primary N) is 1. The number of anilines is 1. The number of aromatic nitrogens is 4. The van der Waals surface area contributed by atoms with E-state index in [1.165, 1.54) is 34.0 Å². The van der Waals surface area contributed by atoms with Gasteiger partial charge in [0.2, 0.25) is 10.7 Å². The first-order valence-corrected chi connectivity index (χ1v) is 14.0. The van der Waals surface area contributed by atoms with Gasteiger partial charge < -0.3 is 5.73 Å². The van der Waals surface area contributed by atoms with E-state index in [1.807, 2.05) is 0 Å². The van der Waals surface area contributed by atoms with Crippen LogP contribution in [0.3, 0.4) is 0 Å². The van der Waals surface area contributed by atoms with Crippen molar-refractivity contribution in [1.29, 1.82) is 0 Å². The van der Waals surface area contributed by atoms with Gasteiger partial charge in [0.15, 0.2) is 11.8 Å². The van der Waals surface area contributed by atoms with Gasteiger partial charge in [-0.25, -0.2) is 0 Å². The topological polar surface area (TPSA) is 121 Å². The van der Waals surface area contributed by atoms with Crippen LogP contribution in [-0.4, -0.2) is 30.9 Å². The number of halogens is 5. The minimum absolute atomic E-state index is 0.312. The van der Waals surface area contributed by atoms with Crippen molar-refractivity contribution in [2.24, 2.45) is 0 Å². The van der Waals surface area contributed by atoms with Crippen molar-refractivity contribution in [2.45, 2.75) is 26.3 Å². The summed E-state index contributed by atoms with van der Waals surface area (Å²) < 4.78 is 2.34. The second-order valence-electron chi connectivity index (χ2n) is 4.17. The van der Waals surface area contributed by atoms with Crippen LogP contribution in [0.1, 0.15) is 20.8 Å². The summed E-state index contributed by atoms with van der Waals surface area (Å²) in [6.07, 6.45) is 0. The molecule has 0 saturated carbocycles. The summed E-state index contributed by atoms with van der Waals surface area (Å²) >= 11 is 19.5. The molecule has 0 aromatic carbocycles. The Bertz CT molecular complexity index is 524. The third-order valence-electron chi connectivity index (χ3n) is 1.34. The van der Waals surface area contributed by atoms with Crippen LogP contribution in [0, 0.1) is 10.1 Å². The summed E-state index contributed by atoms with van der Waals surface area (Å²) in [6.45, 7) is 4.69. The van der Waals surface area contributed by atoms with E-state index < -0.39 is 5.54 Å². The Hall–Kier alpha value is 1.24. The van der Waals surface area contributed by atoms with Gasteiger partial charge in [0, 0.05) is 25.7 Å². The molecule has 0 radical (unpaired) electrons. The SMILES string of the molecule is Brc1nnc(Br)s1.CC(C)(C)[N+](=O)[O-].Nc1nnc(Br)s1.[Br][Cu][Br]. The second kappa shape index (κ2) is 15.3. The van der Waals surface area contributed by atoms with E-state index >= 15 is 0 Å². The maximum absolute atomic E-state index is 9.83. The molecule has 2 aromatic heterocycles. The van der Waals surface area contributed by atoms with Crippen molar-refractivity contribution in [3.8, 4) is 0 Å². The number of hydrogen-bond acceptors (Lipinski definition) is 9. The molecule has 0 fully saturated rings. The first kappa shape index (κ1) is 27.5. The molecule has 0 atom stereocenters. The first-order valence-electron chi connectivity index (χ1n) is 5.28. The second-order valence-corrected chi connectivity index (χ2v) is 14.7. The van der Waals surface area contributed by atoms with Crippen molar-refractivity contribution in [3.63, 3.8) is 0 Å². The molecule has 0 aliphatic rings. The molecule has 2 heterocycles. The van der Waals surface area contributed by atoms with E-state index in [0.29, 0.717) is 5.13 Å². The summed E-state index contributed by atoms with van der Waals surface area (Å²) in [6, 6.07) is 0. The average Bonchev–Trinajstić information content (AvgIpc) is 2.99. The number of nitro groups is 1. The molecule has 0 saturated heterocycles. The fourth-order valence-corrected chi connectivity index (χ4v) is 3.35. The summed E-state index contributed by atoms with van der Waals surface area (Å²) in [5.41, 5.74) is 4.42. The van der Waals surface area contributed by atoms with Crippen LogP contribution in [0.25, 0.3) is 0 Å². The molecule has 0 aliphatic heterocycles. The predicted molar refractivity (Wildman–Crippen MR) is 112 cm³/mol. The van der Waals surface area contributed by atoms with Crippen LogP contribution in [0.15, 0.2) is 11.8 Å². The fourth-order valence-electron chi connectivity index (χ4n) is 0.405. The van der Waals surface area contributed by atoms with E-state index in [1.54, 1.807) is 20.8 Å². The normalized spacial score (nSPS) is 9.67. The zero-order valence-electron chi connectivity index (χ0n) is 12.1. The quantitative estimate of drug-likeness (QED) is 0.209. The summed E-state index contributed by atoms with van der Waals surface area (Å²) in [5.74, 6) is 0. The molecule has 2 N–H and O–H groups in total. The van der Waals surface area contributed by atoms with E-state index in [9.17, 15) is 10.1 Å². The van der Waals surface area contributed by atoms with Crippen LogP contribution in [0.5, 0.6) is 0 Å². The van der Waals surface area contributed by atoms with Crippen molar-refractivity contribution in [3.05, 3.63) is 21.9 Å². The van der Waals surface area contributed by atoms with Crippen molar-refractivity contribution < 1.29 is 16.3 Å². The van der Waals surface area contributed by atoms with E-state index in [-0.39, 0.29) is 4.92 Å². The molecule has 0 bridgehead atoms. The number of hydrogen-bond donors (Lipinski definition) is 1. The molecule has 16 heteroatoms. The molecular formula is C8H11Br5CuN6O2S2. The summed E-state index contributed by atoms with van der Waals surface area (Å²) in [7, 11) is 0. The number of rotatable bonds is 0. The third kappa shape index (κ3) is 18.0. The molecule has 8 nitrogen and oxygen atoms in total. The van der Waals surface area contributed by atoms with Gasteiger partial charge in [0.05, 0.1) is 0 Å². The van der Waals surface area contributed by atoms with Crippen LogP contribution < -0.4 is 5.73 Å². The molecule has 2 aromatic rings. The monoisotopic (exact) mass is 745 g/mol. The molecule has 0 spiro atoms. The van der Waals surface area contributed by atoms with Gasteiger partial charge in [-0.15, -0.1) is 20.4 Å². The first-order chi connectivity index (χ1) is 10.9. The molecule has 143 valence electrons. The van der Waals surface area contributed by atoms with E-state index in [0.717, 1.165) is 11.8 Å². The number of nitrogens with zero attached hydrogens (tertiary/aromatic N) is 5. The van der Waals surface area contributed by atoms with Crippen molar-refractivity contribution in [2.75, 3.05) is 5.73 Å². The minimum atomic E-state index is -0.778. The Balaban J connectivity index is 0. The molecule has 0 amide bonds. The van der Waals surface area contributed by atoms with Gasteiger partial charge >= 0.3 is 39.6 Å². The van der Waals surface area contributed by atoms with Crippen LogP contribution in [0.2, 0.25) is 0 Å². The summed E-state index contributed by atoms with van der Waals surface area (Å²) in [5, 5.41) is 24.7. The van der Waals surface area contributed by atoms with Gasteiger partial charge in [0.1, 0.15) is 0 Å². The molecule has 2 rings (SSSR count). The van der Waals surface area contributed by atoms with Gasteiger partial charge in [-0.2, -0.15) is 0 Å². The van der Waals surface area contributed by atoms with Crippen molar-refractivity contribution >= 4 is 104 Å². The fraction of sp³-hybridized carbons (Fsp3) is 0.500. The van der Waals surface area contributed by atoms with Gasteiger partial charge in [-0.3, -0.25) is 10.1 Å². The zero-order chi connectivity index (χ0) is 19.3. The van der Waals surface area contributed by atoms with Gasteiger partial charge in [-0.1, -0.05) is 22.7 Å². The Labute approximate surface area is 192 Å². The molecule has 0 unspecified atom stereocenters. The average molecular weight is 750 g/mol. The Morgan fingerprint density at radius 1 is 1.00 bits per heavy atom. The molecular weight excluding hydrogens is 739 g/mol. The molecule has 24 heavy (non-hydrogen) atoms. The zero-order valence-corrected chi connectivity index (χ0v) is 22.6. The van der Waals surface area contributed by atoms with Gasteiger partial charge in [-0.05, 0) is 47.8 Å². The van der Waals surface area contributed by atoms with Crippen LogP contribution in [-0.2, 0) is 11.3 Å². The third-order valence-corrected chi connectivity index (χ3v) is 4.31. The maximum atomic E-state index is 9.83. The van der Waals surface area contributed by atoms with Crippen LogP contribution >= 0.6 is 98.7 Å². The van der Waals surface area contributed by atoms with E-state index in [4.69, 9.17) is 5.73 Å². The predicted octanol–water partition coefficient (Wildman–Crippen LogP) is 5.70. The van der Waals surface area contributed by atoms with Crippen molar-refractivity contribution in [1.82, 2.24) is 20.4 Å². The Morgan fingerprint density at radius 3 is 1.38 bits per heavy atom. The van der Waals surface area contributed by atoms with Gasteiger partial charge in [0.25, 0.3) is 0 Å².